The van der Waals surface area contributed by atoms with Gasteiger partial charge < -0.3 is 16.0 Å². The number of urea groups is 1. The molecule has 0 saturated heterocycles. The number of carbonyl (C=O) groups excluding carboxylic acids is 2. The highest BCUT2D eigenvalue weighted by atomic mass is 16.2. The maximum absolute atomic E-state index is 12.1. The van der Waals surface area contributed by atoms with Crippen LogP contribution in [0.5, 0.6) is 0 Å². The van der Waals surface area contributed by atoms with Crippen LogP contribution in [0.1, 0.15) is 35.3 Å². The van der Waals surface area contributed by atoms with Gasteiger partial charge in [-0.15, -0.1) is 0 Å². The molecule has 3 amide bonds. The van der Waals surface area contributed by atoms with E-state index in [2.05, 4.69) is 16.0 Å². The van der Waals surface area contributed by atoms with Gasteiger partial charge in [-0.05, 0) is 55.8 Å². The van der Waals surface area contributed by atoms with E-state index in [0.29, 0.717) is 23.4 Å². The minimum Gasteiger partial charge on any atom is -0.348 e. The van der Waals surface area contributed by atoms with Crippen molar-refractivity contribution in [1.29, 1.82) is 5.26 Å². The van der Waals surface area contributed by atoms with Gasteiger partial charge in [0.25, 0.3) is 5.91 Å². The molecule has 3 N–H and O–H groups in total. The first-order valence-corrected chi connectivity index (χ1v) is 7.93. The second-order valence-corrected chi connectivity index (χ2v) is 5.82. The first-order chi connectivity index (χ1) is 12.0. The number of nitriles is 1. The van der Waals surface area contributed by atoms with Crippen LogP contribution in [-0.4, -0.2) is 18.0 Å². The summed E-state index contributed by atoms with van der Waals surface area (Å²) < 4.78 is 0. The number of anilines is 1. The Morgan fingerprint density at radius 2 is 1.68 bits per heavy atom. The highest BCUT2D eigenvalue weighted by Crippen LogP contribution is 2.10. The Hall–Kier alpha value is -3.33. The summed E-state index contributed by atoms with van der Waals surface area (Å²) in [6, 6.07) is 15.5. The van der Waals surface area contributed by atoms with Crippen molar-refractivity contribution in [3.63, 3.8) is 0 Å². The molecule has 25 heavy (non-hydrogen) atoms. The number of amides is 3. The predicted molar refractivity (Wildman–Crippen MR) is 96.1 cm³/mol. The number of hydrogen-bond acceptors (Lipinski definition) is 3. The zero-order chi connectivity index (χ0) is 18.2. The Morgan fingerprint density at radius 3 is 2.24 bits per heavy atom. The molecule has 2 aromatic rings. The van der Waals surface area contributed by atoms with Crippen LogP contribution in [0, 0.1) is 11.3 Å². The molecule has 0 aliphatic rings. The summed E-state index contributed by atoms with van der Waals surface area (Å²) in [4.78, 5) is 23.7. The van der Waals surface area contributed by atoms with E-state index in [9.17, 15) is 9.59 Å². The van der Waals surface area contributed by atoms with E-state index in [0.717, 1.165) is 5.56 Å². The lowest BCUT2D eigenvalue weighted by molar-refractivity contribution is 0.0951. The molecule has 128 valence electrons. The van der Waals surface area contributed by atoms with Gasteiger partial charge in [-0.3, -0.25) is 4.79 Å². The van der Waals surface area contributed by atoms with Crippen LogP contribution in [-0.2, 0) is 6.54 Å². The van der Waals surface area contributed by atoms with E-state index in [1.165, 1.54) is 0 Å². The molecule has 0 bridgehead atoms. The van der Waals surface area contributed by atoms with Crippen LogP contribution in [0.25, 0.3) is 0 Å². The van der Waals surface area contributed by atoms with Crippen LogP contribution in [0.2, 0.25) is 0 Å². The van der Waals surface area contributed by atoms with Crippen LogP contribution in [0.3, 0.4) is 0 Å². The number of hydrogen-bond donors (Lipinski definition) is 3. The van der Waals surface area contributed by atoms with Gasteiger partial charge in [0.2, 0.25) is 0 Å². The molecule has 0 atom stereocenters. The van der Waals surface area contributed by atoms with Crippen molar-refractivity contribution in [2.24, 2.45) is 0 Å². The fourth-order valence-corrected chi connectivity index (χ4v) is 2.12. The molecule has 0 aromatic heterocycles. The van der Waals surface area contributed by atoms with Gasteiger partial charge >= 0.3 is 6.03 Å². The lowest BCUT2D eigenvalue weighted by atomic mass is 10.1. The van der Waals surface area contributed by atoms with E-state index in [4.69, 9.17) is 5.26 Å². The van der Waals surface area contributed by atoms with Gasteiger partial charge in [-0.2, -0.15) is 5.26 Å². The number of nitrogens with zero attached hydrogens (tertiary/aromatic N) is 1. The summed E-state index contributed by atoms with van der Waals surface area (Å²) in [5, 5.41) is 17.1. The molecular formula is C19H20N4O2. The first-order valence-electron chi connectivity index (χ1n) is 7.93. The van der Waals surface area contributed by atoms with Gasteiger partial charge in [0.05, 0.1) is 11.6 Å². The molecule has 0 aliphatic heterocycles. The van der Waals surface area contributed by atoms with Gasteiger partial charge in [0.15, 0.2) is 0 Å². The SMILES string of the molecule is CC(C)NC(=O)Nc1ccc(CNC(=O)c2ccc(C#N)cc2)cc1. The maximum Gasteiger partial charge on any atom is 0.319 e. The zero-order valence-electron chi connectivity index (χ0n) is 14.2. The quantitative estimate of drug-likeness (QED) is 0.783. The van der Waals surface area contributed by atoms with Crippen molar-refractivity contribution in [1.82, 2.24) is 10.6 Å². The van der Waals surface area contributed by atoms with Crippen molar-refractivity contribution >= 4 is 17.6 Å². The van der Waals surface area contributed by atoms with Gasteiger partial charge in [-0.25, -0.2) is 4.79 Å². The molecular weight excluding hydrogens is 316 g/mol. The molecule has 0 heterocycles. The minimum atomic E-state index is -0.253. The molecule has 2 aromatic carbocycles. The first kappa shape index (κ1) is 18.0. The number of benzene rings is 2. The highest BCUT2D eigenvalue weighted by molar-refractivity contribution is 5.94. The van der Waals surface area contributed by atoms with Gasteiger partial charge in [0.1, 0.15) is 0 Å². The van der Waals surface area contributed by atoms with Crippen LogP contribution >= 0.6 is 0 Å². The third-order valence-electron chi connectivity index (χ3n) is 3.36. The Kier molecular flexibility index (Phi) is 6.13. The predicted octanol–water partition coefficient (Wildman–Crippen LogP) is 3.02. The number of carbonyl (C=O) groups is 2. The largest absolute Gasteiger partial charge is 0.348 e. The Bertz CT molecular complexity index is 775. The summed E-state index contributed by atoms with van der Waals surface area (Å²) in [5.41, 5.74) is 2.61. The van der Waals surface area contributed by atoms with E-state index >= 15 is 0 Å². The van der Waals surface area contributed by atoms with E-state index in [1.54, 1.807) is 36.4 Å². The normalized spacial score (nSPS) is 10.0. The van der Waals surface area contributed by atoms with Crippen molar-refractivity contribution in [2.45, 2.75) is 26.4 Å². The summed E-state index contributed by atoms with van der Waals surface area (Å²) in [7, 11) is 0. The molecule has 0 unspecified atom stereocenters. The summed E-state index contributed by atoms with van der Waals surface area (Å²) in [6.07, 6.45) is 0. The topological polar surface area (TPSA) is 94.0 Å². The Balaban J connectivity index is 1.87. The third kappa shape index (κ3) is 5.66. The molecule has 2 rings (SSSR count). The van der Waals surface area contributed by atoms with Gasteiger partial charge in [0, 0.05) is 23.8 Å². The standard InChI is InChI=1S/C19H20N4O2/c1-13(2)22-19(25)23-17-9-5-15(6-10-17)12-21-18(24)16-7-3-14(11-20)4-8-16/h3-10,13H,12H2,1-2H3,(H,21,24)(H2,22,23,25). The Labute approximate surface area is 146 Å². The minimum absolute atomic E-state index is 0.0664. The van der Waals surface area contributed by atoms with E-state index < -0.39 is 0 Å². The monoisotopic (exact) mass is 336 g/mol. The van der Waals surface area contributed by atoms with Crippen LogP contribution in [0.4, 0.5) is 10.5 Å². The molecule has 0 aliphatic carbocycles. The molecule has 0 spiro atoms. The lowest BCUT2D eigenvalue weighted by Crippen LogP contribution is -2.34. The summed E-state index contributed by atoms with van der Waals surface area (Å²) in [5.74, 6) is -0.206. The van der Waals surface area contributed by atoms with Gasteiger partial charge in [-0.1, -0.05) is 12.1 Å². The highest BCUT2D eigenvalue weighted by Gasteiger charge is 2.06. The average molecular weight is 336 g/mol. The second kappa shape index (κ2) is 8.50. The van der Waals surface area contributed by atoms with Crippen LogP contribution < -0.4 is 16.0 Å². The Morgan fingerprint density at radius 1 is 1.04 bits per heavy atom. The van der Waals surface area contributed by atoms with Crippen molar-refractivity contribution in [3.05, 3.63) is 65.2 Å². The average Bonchev–Trinajstić information content (AvgIpc) is 2.60. The van der Waals surface area contributed by atoms with E-state index in [1.807, 2.05) is 32.0 Å². The third-order valence-corrected chi connectivity index (χ3v) is 3.36. The van der Waals surface area contributed by atoms with Crippen molar-refractivity contribution < 1.29 is 9.59 Å². The maximum atomic E-state index is 12.1. The van der Waals surface area contributed by atoms with Crippen molar-refractivity contribution in [2.75, 3.05) is 5.32 Å². The summed E-state index contributed by atoms with van der Waals surface area (Å²) in [6.45, 7) is 4.15. The molecule has 0 radical (unpaired) electrons. The number of rotatable bonds is 5. The van der Waals surface area contributed by atoms with E-state index in [-0.39, 0.29) is 18.0 Å². The smallest absolute Gasteiger partial charge is 0.319 e. The molecule has 6 nitrogen and oxygen atoms in total. The molecule has 0 fully saturated rings. The zero-order valence-corrected chi connectivity index (χ0v) is 14.2. The van der Waals surface area contributed by atoms with Crippen LogP contribution in [0.15, 0.2) is 48.5 Å². The molecule has 0 saturated carbocycles. The van der Waals surface area contributed by atoms with Crippen molar-refractivity contribution in [3.8, 4) is 6.07 Å². The summed E-state index contributed by atoms with van der Waals surface area (Å²) >= 11 is 0. The molecule has 6 heteroatoms. The fourth-order valence-electron chi connectivity index (χ4n) is 2.12. The number of nitrogens with one attached hydrogen (secondary N) is 3. The fraction of sp³-hybridized carbons (Fsp3) is 0.211. The lowest BCUT2D eigenvalue weighted by Gasteiger charge is -2.11. The second-order valence-electron chi connectivity index (χ2n) is 5.82.